The number of likely N-dealkylation sites (N-methyl/N-ethyl adjacent to an activating group) is 1. The van der Waals surface area contributed by atoms with Crippen LogP contribution < -0.4 is 14.4 Å². The molecule has 1 aromatic rings. The van der Waals surface area contributed by atoms with Crippen molar-refractivity contribution in [1.29, 1.82) is 0 Å². The molecule has 0 radical (unpaired) electrons. The largest absolute Gasteiger partial charge is 0.493 e. The van der Waals surface area contributed by atoms with Crippen molar-refractivity contribution in [3.8, 4) is 11.5 Å². The number of nitrogens with zero attached hydrogens (tertiary/aromatic N) is 1. The Morgan fingerprint density at radius 1 is 1.17 bits per heavy atom. The molecule has 1 N–H and O–H groups in total. The fourth-order valence-electron chi connectivity index (χ4n) is 1.58. The molecule has 0 aliphatic carbocycles. The predicted octanol–water partition coefficient (Wildman–Crippen LogP) is 1.06. The number of benzene rings is 1. The zero-order chi connectivity index (χ0) is 13.9. The summed E-state index contributed by atoms with van der Waals surface area (Å²) in [5, 5.41) is 8.68. The van der Waals surface area contributed by atoms with Gasteiger partial charge in [-0.25, -0.2) is 4.79 Å². The van der Waals surface area contributed by atoms with Crippen molar-refractivity contribution in [3.05, 3.63) is 17.7 Å². The minimum Gasteiger partial charge on any atom is -0.493 e. The molecular weight excluding hydrogens is 238 g/mol. The average Bonchev–Trinajstić information content (AvgIpc) is 2.36. The van der Waals surface area contributed by atoms with E-state index in [4.69, 9.17) is 14.6 Å². The lowest BCUT2D eigenvalue weighted by Gasteiger charge is -2.19. The van der Waals surface area contributed by atoms with E-state index in [0.717, 1.165) is 4.90 Å². The molecule has 0 aliphatic heterocycles. The van der Waals surface area contributed by atoms with Gasteiger partial charge in [0.05, 0.1) is 19.9 Å². The van der Waals surface area contributed by atoms with Gasteiger partial charge in [-0.3, -0.25) is 4.79 Å². The van der Waals surface area contributed by atoms with Crippen molar-refractivity contribution in [2.24, 2.45) is 0 Å². The van der Waals surface area contributed by atoms with Gasteiger partial charge in [-0.1, -0.05) is 0 Å². The lowest BCUT2D eigenvalue weighted by atomic mass is 10.1. The lowest BCUT2D eigenvalue weighted by Crippen LogP contribution is -2.33. The summed E-state index contributed by atoms with van der Waals surface area (Å²) in [6, 6.07) is 3.24. The highest BCUT2D eigenvalue weighted by molar-refractivity contribution is 6.37. The second-order valence-corrected chi connectivity index (χ2v) is 3.66. The van der Waals surface area contributed by atoms with E-state index in [2.05, 4.69) is 0 Å². The number of anilines is 1. The zero-order valence-corrected chi connectivity index (χ0v) is 10.7. The highest BCUT2D eigenvalue weighted by Gasteiger charge is 2.21. The van der Waals surface area contributed by atoms with Crippen LogP contribution >= 0.6 is 0 Å². The van der Waals surface area contributed by atoms with E-state index in [-0.39, 0.29) is 0 Å². The van der Waals surface area contributed by atoms with Crippen molar-refractivity contribution < 1.29 is 24.2 Å². The van der Waals surface area contributed by atoms with E-state index in [9.17, 15) is 9.59 Å². The number of amides is 1. The maximum absolute atomic E-state index is 11.4. The fraction of sp³-hybridized carbons (Fsp3) is 0.333. The molecule has 0 spiro atoms. The summed E-state index contributed by atoms with van der Waals surface area (Å²) in [5.74, 6) is -1.56. The van der Waals surface area contributed by atoms with E-state index in [0.29, 0.717) is 22.7 Å². The third-order valence-corrected chi connectivity index (χ3v) is 2.55. The Kier molecular flexibility index (Phi) is 4.14. The minimum atomic E-state index is -1.51. The average molecular weight is 253 g/mol. The molecule has 6 heteroatoms. The van der Waals surface area contributed by atoms with Gasteiger partial charge in [0.2, 0.25) is 0 Å². The highest BCUT2D eigenvalue weighted by atomic mass is 16.5. The summed E-state index contributed by atoms with van der Waals surface area (Å²) < 4.78 is 10.2. The van der Waals surface area contributed by atoms with Crippen LogP contribution in [0.1, 0.15) is 5.56 Å². The molecule has 0 heterocycles. The lowest BCUT2D eigenvalue weighted by molar-refractivity contribution is -0.148. The molecule has 98 valence electrons. The van der Waals surface area contributed by atoms with Gasteiger partial charge < -0.3 is 19.5 Å². The molecule has 0 saturated heterocycles. The summed E-state index contributed by atoms with van der Waals surface area (Å²) >= 11 is 0. The first-order valence-corrected chi connectivity index (χ1v) is 5.16. The maximum Gasteiger partial charge on any atom is 0.394 e. The summed E-state index contributed by atoms with van der Waals surface area (Å²) in [6.07, 6.45) is 0. The SMILES string of the molecule is COc1cc(C)c(N(C)C(=O)C(=O)O)cc1OC. The normalized spacial score (nSPS) is 9.78. The first-order chi connectivity index (χ1) is 8.42. The monoisotopic (exact) mass is 253 g/mol. The standard InChI is InChI=1S/C12H15NO5/c1-7-5-9(17-3)10(18-4)6-8(7)13(2)11(14)12(15)16/h5-6H,1-4H3,(H,15,16). The second kappa shape index (κ2) is 5.39. The van der Waals surface area contributed by atoms with Gasteiger partial charge in [0.1, 0.15) is 0 Å². The van der Waals surface area contributed by atoms with Crippen LogP contribution in [-0.4, -0.2) is 38.3 Å². The summed E-state index contributed by atoms with van der Waals surface area (Å²) in [4.78, 5) is 23.1. The molecule has 1 amide bonds. The maximum atomic E-state index is 11.4. The molecule has 0 aromatic heterocycles. The molecule has 0 bridgehead atoms. The van der Waals surface area contributed by atoms with Crippen LogP contribution in [0.3, 0.4) is 0 Å². The number of methoxy groups -OCH3 is 2. The predicted molar refractivity (Wildman–Crippen MR) is 65.3 cm³/mol. The Labute approximate surface area is 105 Å². The quantitative estimate of drug-likeness (QED) is 0.815. The van der Waals surface area contributed by atoms with Gasteiger partial charge in [-0.2, -0.15) is 0 Å². The van der Waals surface area contributed by atoms with Gasteiger partial charge in [-0.05, 0) is 18.6 Å². The van der Waals surface area contributed by atoms with E-state index in [1.165, 1.54) is 21.3 Å². The number of carbonyl (C=O) groups is 2. The number of carboxylic acids is 1. The Bertz CT molecular complexity index is 484. The van der Waals surface area contributed by atoms with Crippen LogP contribution in [0.4, 0.5) is 5.69 Å². The molecule has 1 rings (SSSR count). The number of carboxylic acid groups (broad SMARTS) is 1. The topological polar surface area (TPSA) is 76.1 Å². The first-order valence-electron chi connectivity index (χ1n) is 5.16. The molecular formula is C12H15NO5. The van der Waals surface area contributed by atoms with Crippen molar-refractivity contribution in [2.45, 2.75) is 6.92 Å². The van der Waals surface area contributed by atoms with E-state index in [1.54, 1.807) is 19.1 Å². The zero-order valence-electron chi connectivity index (χ0n) is 10.7. The van der Waals surface area contributed by atoms with Gasteiger partial charge >= 0.3 is 11.9 Å². The van der Waals surface area contributed by atoms with Crippen molar-refractivity contribution >= 4 is 17.6 Å². The summed E-state index contributed by atoms with van der Waals surface area (Å²) in [6.45, 7) is 1.75. The third kappa shape index (κ3) is 2.53. The Morgan fingerprint density at radius 2 is 1.67 bits per heavy atom. The summed E-state index contributed by atoms with van der Waals surface area (Å²) in [5.41, 5.74) is 1.17. The van der Waals surface area contributed by atoms with Gasteiger partial charge in [-0.15, -0.1) is 0 Å². The first kappa shape index (κ1) is 13.8. The van der Waals surface area contributed by atoms with E-state index in [1.807, 2.05) is 0 Å². The highest BCUT2D eigenvalue weighted by Crippen LogP contribution is 2.34. The number of aryl methyl sites for hydroxylation is 1. The van der Waals surface area contributed by atoms with Crippen LogP contribution in [0, 0.1) is 6.92 Å². The van der Waals surface area contributed by atoms with Gasteiger partial charge in [0.25, 0.3) is 0 Å². The van der Waals surface area contributed by atoms with Crippen LogP contribution in [0.2, 0.25) is 0 Å². The number of aliphatic carboxylic acids is 1. The van der Waals surface area contributed by atoms with Crippen molar-refractivity contribution in [3.63, 3.8) is 0 Å². The molecule has 0 fully saturated rings. The number of rotatable bonds is 3. The number of hydrogen-bond acceptors (Lipinski definition) is 4. The minimum absolute atomic E-state index is 0.433. The van der Waals surface area contributed by atoms with Crippen LogP contribution in [0.25, 0.3) is 0 Å². The summed E-state index contributed by atoms with van der Waals surface area (Å²) in [7, 11) is 4.36. The van der Waals surface area contributed by atoms with Crippen LogP contribution in [0.15, 0.2) is 12.1 Å². The van der Waals surface area contributed by atoms with E-state index < -0.39 is 11.9 Å². The molecule has 6 nitrogen and oxygen atoms in total. The van der Waals surface area contributed by atoms with Crippen LogP contribution in [-0.2, 0) is 9.59 Å². The molecule has 0 saturated carbocycles. The Hall–Kier alpha value is -2.24. The Morgan fingerprint density at radius 3 is 2.11 bits per heavy atom. The van der Waals surface area contributed by atoms with Gasteiger partial charge in [0, 0.05) is 13.1 Å². The third-order valence-electron chi connectivity index (χ3n) is 2.55. The smallest absolute Gasteiger partial charge is 0.394 e. The molecule has 18 heavy (non-hydrogen) atoms. The van der Waals surface area contributed by atoms with Crippen molar-refractivity contribution in [2.75, 3.05) is 26.2 Å². The fourth-order valence-corrected chi connectivity index (χ4v) is 1.58. The Balaban J connectivity index is 3.25. The van der Waals surface area contributed by atoms with Gasteiger partial charge in [0.15, 0.2) is 11.5 Å². The van der Waals surface area contributed by atoms with Crippen molar-refractivity contribution in [1.82, 2.24) is 0 Å². The van der Waals surface area contributed by atoms with E-state index >= 15 is 0 Å². The van der Waals surface area contributed by atoms with Crippen LogP contribution in [0.5, 0.6) is 11.5 Å². The molecule has 1 aromatic carbocycles. The molecule has 0 unspecified atom stereocenters. The number of carbonyl (C=O) groups excluding carboxylic acids is 1. The molecule has 0 aliphatic rings. The molecule has 0 atom stereocenters. The number of ether oxygens (including phenoxy) is 2. The second-order valence-electron chi connectivity index (χ2n) is 3.66. The number of hydrogen-bond donors (Lipinski definition) is 1.